The van der Waals surface area contributed by atoms with Crippen molar-refractivity contribution in [3.63, 3.8) is 0 Å². The van der Waals surface area contributed by atoms with Crippen LogP contribution in [0.5, 0.6) is 0 Å². The van der Waals surface area contributed by atoms with Gasteiger partial charge in [0.25, 0.3) is 0 Å². The van der Waals surface area contributed by atoms with Crippen LogP contribution in [0, 0.1) is 5.82 Å². The van der Waals surface area contributed by atoms with Crippen LogP contribution in [0.25, 0.3) is 0 Å². The van der Waals surface area contributed by atoms with Crippen LogP contribution in [0.2, 0.25) is 5.02 Å². The lowest BCUT2D eigenvalue weighted by Gasteiger charge is -2.27. The van der Waals surface area contributed by atoms with E-state index in [4.69, 9.17) is 16.3 Å². The molecule has 0 saturated heterocycles. The second-order valence-electron chi connectivity index (χ2n) is 6.40. The van der Waals surface area contributed by atoms with Crippen LogP contribution >= 0.6 is 11.6 Å². The van der Waals surface area contributed by atoms with Crippen LogP contribution in [0.1, 0.15) is 26.3 Å². The van der Waals surface area contributed by atoms with Gasteiger partial charge in [0, 0.05) is 37.2 Å². The minimum absolute atomic E-state index is 0.0107. The highest BCUT2D eigenvalue weighted by Crippen LogP contribution is 2.29. The van der Waals surface area contributed by atoms with Crippen LogP contribution < -0.4 is 16.0 Å². The van der Waals surface area contributed by atoms with E-state index in [1.165, 1.54) is 12.1 Å². The summed E-state index contributed by atoms with van der Waals surface area (Å²) in [7, 11) is 1.58. The van der Waals surface area contributed by atoms with E-state index in [1.54, 1.807) is 13.2 Å². The largest absolute Gasteiger partial charge is 0.383 e. The van der Waals surface area contributed by atoms with E-state index < -0.39 is 0 Å². The molecular formula is C18H28ClFN4O2. The number of rotatable bonds is 9. The maximum Gasteiger partial charge on any atom is 0.241 e. The van der Waals surface area contributed by atoms with Crippen molar-refractivity contribution in [2.24, 2.45) is 4.99 Å². The van der Waals surface area contributed by atoms with E-state index in [0.717, 1.165) is 5.56 Å². The van der Waals surface area contributed by atoms with E-state index in [9.17, 15) is 9.18 Å². The number of methoxy groups -OCH3 is 1. The highest BCUT2D eigenvalue weighted by Gasteiger charge is 2.24. The van der Waals surface area contributed by atoms with Crippen molar-refractivity contribution >= 4 is 23.5 Å². The number of amides is 1. The predicted octanol–water partition coefficient (Wildman–Crippen LogP) is 2.07. The van der Waals surface area contributed by atoms with Crippen LogP contribution in [0.15, 0.2) is 23.2 Å². The number of nitrogens with zero attached hydrogens (tertiary/aromatic N) is 1. The molecule has 0 fully saturated rings. The summed E-state index contributed by atoms with van der Waals surface area (Å²) in [6, 6.07) is 4.39. The van der Waals surface area contributed by atoms with Gasteiger partial charge in [0.1, 0.15) is 12.4 Å². The Bertz CT molecular complexity index is 623. The first-order valence-corrected chi connectivity index (χ1v) is 8.91. The zero-order chi connectivity index (χ0) is 19.6. The smallest absolute Gasteiger partial charge is 0.241 e. The second-order valence-corrected chi connectivity index (χ2v) is 6.81. The first-order chi connectivity index (χ1) is 12.3. The Morgan fingerprint density at radius 2 is 2.04 bits per heavy atom. The molecule has 0 saturated carbocycles. The number of hydrogen-bond acceptors (Lipinski definition) is 3. The fourth-order valence-corrected chi connectivity index (χ4v) is 2.70. The van der Waals surface area contributed by atoms with Crippen molar-refractivity contribution in [1.29, 1.82) is 0 Å². The second kappa shape index (κ2) is 11.0. The number of aliphatic imine (C=N–C) groups is 1. The minimum atomic E-state index is -0.364. The fraction of sp³-hybridized carbons (Fsp3) is 0.556. The van der Waals surface area contributed by atoms with Gasteiger partial charge < -0.3 is 20.7 Å². The molecule has 0 spiro atoms. The number of guanidine groups is 1. The third kappa shape index (κ3) is 7.58. The normalized spacial score (nSPS) is 12.0. The lowest BCUT2D eigenvalue weighted by atomic mass is 9.84. The average molecular weight is 387 g/mol. The third-order valence-electron chi connectivity index (χ3n) is 3.71. The molecule has 6 nitrogen and oxygen atoms in total. The molecule has 146 valence electrons. The van der Waals surface area contributed by atoms with Crippen LogP contribution in [-0.4, -0.2) is 51.8 Å². The molecular weight excluding hydrogens is 359 g/mol. The number of hydrogen-bond donors (Lipinski definition) is 3. The Morgan fingerprint density at radius 1 is 1.31 bits per heavy atom. The topological polar surface area (TPSA) is 74.8 Å². The van der Waals surface area contributed by atoms with Crippen molar-refractivity contribution in [3.05, 3.63) is 34.6 Å². The van der Waals surface area contributed by atoms with Gasteiger partial charge in [-0.1, -0.05) is 31.5 Å². The number of nitrogens with one attached hydrogen (secondary N) is 3. The molecule has 0 bridgehead atoms. The van der Waals surface area contributed by atoms with Crippen LogP contribution in [0.4, 0.5) is 4.39 Å². The quantitative estimate of drug-likeness (QED) is 0.345. The van der Waals surface area contributed by atoms with Gasteiger partial charge in [-0.25, -0.2) is 9.38 Å². The van der Waals surface area contributed by atoms with E-state index in [-0.39, 0.29) is 23.7 Å². The standard InChI is InChI=1S/C18H28ClFN4O2/c1-5-21-17(23-11-16(25)22-8-9-26-4)24-12-18(2,3)14-7-6-13(20)10-15(14)19/h6-7,10H,5,8-9,11-12H2,1-4H3,(H,22,25)(H2,21,23,24). The maximum absolute atomic E-state index is 13.3. The van der Waals surface area contributed by atoms with Gasteiger partial charge in [-0.3, -0.25) is 4.79 Å². The average Bonchev–Trinajstić information content (AvgIpc) is 2.57. The molecule has 1 amide bonds. The molecule has 1 rings (SSSR count). The van der Waals surface area contributed by atoms with Gasteiger partial charge in [-0.15, -0.1) is 0 Å². The Balaban J connectivity index is 2.68. The molecule has 0 aromatic heterocycles. The number of benzene rings is 1. The summed E-state index contributed by atoms with van der Waals surface area (Å²) in [6.07, 6.45) is 0. The van der Waals surface area contributed by atoms with Gasteiger partial charge in [0.15, 0.2) is 5.96 Å². The molecule has 1 aromatic rings. The summed E-state index contributed by atoms with van der Waals surface area (Å²) in [6.45, 7) is 8.03. The summed E-state index contributed by atoms with van der Waals surface area (Å²) in [5.41, 5.74) is 0.475. The van der Waals surface area contributed by atoms with Gasteiger partial charge in [0.05, 0.1) is 6.61 Å². The number of carbonyl (C=O) groups excluding carboxylic acids is 1. The van der Waals surface area contributed by atoms with Crippen molar-refractivity contribution < 1.29 is 13.9 Å². The summed E-state index contributed by atoms with van der Waals surface area (Å²) in [4.78, 5) is 16.0. The molecule has 0 atom stereocenters. The molecule has 1 aromatic carbocycles. The monoisotopic (exact) mass is 386 g/mol. The lowest BCUT2D eigenvalue weighted by molar-refractivity contribution is -0.119. The van der Waals surface area contributed by atoms with E-state index >= 15 is 0 Å². The fourth-order valence-electron chi connectivity index (χ4n) is 2.28. The van der Waals surface area contributed by atoms with E-state index in [0.29, 0.717) is 37.2 Å². The summed E-state index contributed by atoms with van der Waals surface area (Å²) in [5, 5.41) is 9.40. The summed E-state index contributed by atoms with van der Waals surface area (Å²) in [5.74, 6) is -0.0160. The Kier molecular flexibility index (Phi) is 9.37. The minimum Gasteiger partial charge on any atom is -0.383 e. The van der Waals surface area contributed by atoms with Gasteiger partial charge in [0.2, 0.25) is 5.91 Å². The molecule has 0 aliphatic carbocycles. The van der Waals surface area contributed by atoms with Crippen molar-refractivity contribution in [1.82, 2.24) is 16.0 Å². The molecule has 8 heteroatoms. The molecule has 0 aliphatic rings. The van der Waals surface area contributed by atoms with E-state index in [1.807, 2.05) is 20.8 Å². The Hall–Kier alpha value is -1.86. The first-order valence-electron chi connectivity index (χ1n) is 8.53. The Labute approximate surface area is 159 Å². The first kappa shape index (κ1) is 22.2. The number of carbonyl (C=O) groups is 1. The highest BCUT2D eigenvalue weighted by molar-refractivity contribution is 6.31. The molecule has 3 N–H and O–H groups in total. The highest BCUT2D eigenvalue weighted by atomic mass is 35.5. The molecule has 0 aliphatic heterocycles. The Morgan fingerprint density at radius 3 is 2.65 bits per heavy atom. The van der Waals surface area contributed by atoms with Crippen LogP contribution in [-0.2, 0) is 14.9 Å². The predicted molar refractivity (Wildman–Crippen MR) is 103 cm³/mol. The molecule has 26 heavy (non-hydrogen) atoms. The SMILES string of the molecule is CCNC(=NCC(=O)NCCOC)NCC(C)(C)c1ccc(F)cc1Cl. The van der Waals surface area contributed by atoms with Crippen molar-refractivity contribution in [2.75, 3.05) is 39.9 Å². The maximum atomic E-state index is 13.3. The van der Waals surface area contributed by atoms with Crippen molar-refractivity contribution in [2.45, 2.75) is 26.2 Å². The third-order valence-corrected chi connectivity index (χ3v) is 4.02. The van der Waals surface area contributed by atoms with Gasteiger partial charge in [-0.2, -0.15) is 0 Å². The van der Waals surface area contributed by atoms with Crippen LogP contribution in [0.3, 0.4) is 0 Å². The van der Waals surface area contributed by atoms with Gasteiger partial charge >= 0.3 is 0 Å². The number of halogens is 2. The zero-order valence-corrected chi connectivity index (χ0v) is 16.5. The van der Waals surface area contributed by atoms with E-state index in [2.05, 4.69) is 20.9 Å². The summed E-state index contributed by atoms with van der Waals surface area (Å²) >= 11 is 6.18. The molecule has 0 unspecified atom stereocenters. The van der Waals surface area contributed by atoms with Crippen molar-refractivity contribution in [3.8, 4) is 0 Å². The lowest BCUT2D eigenvalue weighted by Crippen LogP contribution is -2.44. The molecule has 0 heterocycles. The molecule has 0 radical (unpaired) electrons. The zero-order valence-electron chi connectivity index (χ0n) is 15.8. The van der Waals surface area contributed by atoms with Gasteiger partial charge in [-0.05, 0) is 24.6 Å². The number of ether oxygens (including phenoxy) is 1. The summed E-state index contributed by atoms with van der Waals surface area (Å²) < 4.78 is 18.1.